The molecule has 0 atom stereocenters. The average Bonchev–Trinajstić information content (AvgIpc) is 2.43. The number of hydrogen-bond acceptors (Lipinski definition) is 1. The maximum Gasteiger partial charge on any atom is 0.0971 e. The second kappa shape index (κ2) is 2.26. The van der Waals surface area contributed by atoms with Crippen LogP contribution in [0, 0.1) is 5.92 Å². The SMILES string of the molecule is NC(=NC1CC1)C1CCC1. The third-order valence-corrected chi connectivity index (χ3v) is 2.40. The first kappa shape index (κ1) is 6.20. The zero-order valence-corrected chi connectivity index (χ0v) is 6.21. The van der Waals surface area contributed by atoms with E-state index in [-0.39, 0.29) is 0 Å². The second-order valence-corrected chi connectivity index (χ2v) is 3.41. The molecule has 2 aliphatic carbocycles. The van der Waals surface area contributed by atoms with E-state index in [9.17, 15) is 0 Å². The Bertz CT molecular complexity index is 155. The van der Waals surface area contributed by atoms with Gasteiger partial charge in [0.15, 0.2) is 0 Å². The molecule has 2 saturated carbocycles. The summed E-state index contributed by atoms with van der Waals surface area (Å²) < 4.78 is 0. The van der Waals surface area contributed by atoms with Gasteiger partial charge in [-0.05, 0) is 25.7 Å². The fourth-order valence-corrected chi connectivity index (χ4v) is 1.22. The van der Waals surface area contributed by atoms with Crippen molar-refractivity contribution in [3.8, 4) is 0 Å². The van der Waals surface area contributed by atoms with Crippen LogP contribution >= 0.6 is 0 Å². The maximum atomic E-state index is 5.77. The molecule has 0 bridgehead atoms. The highest BCUT2D eigenvalue weighted by Crippen LogP contribution is 2.29. The topological polar surface area (TPSA) is 38.4 Å². The van der Waals surface area contributed by atoms with E-state index in [1.165, 1.54) is 32.1 Å². The van der Waals surface area contributed by atoms with Gasteiger partial charge >= 0.3 is 0 Å². The van der Waals surface area contributed by atoms with Gasteiger partial charge in [0, 0.05) is 5.92 Å². The minimum atomic E-state index is 0.612. The Balaban J connectivity index is 1.88. The Morgan fingerprint density at radius 2 is 1.90 bits per heavy atom. The van der Waals surface area contributed by atoms with Crippen molar-refractivity contribution in [3.05, 3.63) is 0 Å². The van der Waals surface area contributed by atoms with Gasteiger partial charge in [-0.15, -0.1) is 0 Å². The van der Waals surface area contributed by atoms with Gasteiger partial charge in [0.05, 0.1) is 11.9 Å². The Morgan fingerprint density at radius 3 is 2.30 bits per heavy atom. The number of nitrogens with zero attached hydrogens (tertiary/aromatic N) is 1. The standard InChI is InChI=1S/C8H14N2/c9-8(6-2-1-3-6)10-7-4-5-7/h6-7H,1-5H2,(H2,9,10). The molecule has 2 fully saturated rings. The number of amidine groups is 1. The molecule has 0 heterocycles. The van der Waals surface area contributed by atoms with Crippen LogP contribution < -0.4 is 5.73 Å². The summed E-state index contributed by atoms with van der Waals surface area (Å²) in [6, 6.07) is 0.612. The number of rotatable bonds is 2. The fraction of sp³-hybridized carbons (Fsp3) is 0.875. The van der Waals surface area contributed by atoms with Crippen LogP contribution in [0.3, 0.4) is 0 Å². The normalized spacial score (nSPS) is 28.2. The maximum absolute atomic E-state index is 5.77. The van der Waals surface area contributed by atoms with Crippen molar-refractivity contribution in [2.75, 3.05) is 0 Å². The van der Waals surface area contributed by atoms with Gasteiger partial charge in [-0.1, -0.05) is 6.42 Å². The van der Waals surface area contributed by atoms with Crippen LogP contribution in [0.4, 0.5) is 0 Å². The van der Waals surface area contributed by atoms with Gasteiger partial charge < -0.3 is 5.73 Å². The van der Waals surface area contributed by atoms with E-state index in [1.807, 2.05) is 0 Å². The molecule has 0 aliphatic heterocycles. The lowest BCUT2D eigenvalue weighted by Gasteiger charge is -2.24. The smallest absolute Gasteiger partial charge is 0.0971 e. The summed E-state index contributed by atoms with van der Waals surface area (Å²) in [6.07, 6.45) is 6.45. The van der Waals surface area contributed by atoms with E-state index < -0.39 is 0 Å². The zero-order chi connectivity index (χ0) is 6.97. The molecule has 2 heteroatoms. The highest BCUT2D eigenvalue weighted by Gasteiger charge is 2.25. The van der Waals surface area contributed by atoms with Crippen molar-refractivity contribution in [1.29, 1.82) is 0 Å². The third-order valence-electron chi connectivity index (χ3n) is 2.40. The molecule has 2 nitrogen and oxygen atoms in total. The van der Waals surface area contributed by atoms with E-state index in [4.69, 9.17) is 5.73 Å². The summed E-state index contributed by atoms with van der Waals surface area (Å²) in [4.78, 5) is 4.40. The molecule has 0 spiro atoms. The van der Waals surface area contributed by atoms with Crippen LogP contribution in [-0.4, -0.2) is 11.9 Å². The molecule has 0 radical (unpaired) electrons. The number of nitrogens with two attached hydrogens (primary N) is 1. The third kappa shape index (κ3) is 1.15. The summed E-state index contributed by atoms with van der Waals surface area (Å²) >= 11 is 0. The van der Waals surface area contributed by atoms with Crippen LogP contribution in [0.25, 0.3) is 0 Å². The Labute approximate surface area is 61.5 Å². The molecule has 0 saturated heterocycles. The molecule has 2 aliphatic rings. The lowest BCUT2D eigenvalue weighted by atomic mass is 9.84. The molecule has 2 rings (SSSR count). The molecule has 0 amide bonds. The van der Waals surface area contributed by atoms with E-state index in [1.54, 1.807) is 0 Å². The quantitative estimate of drug-likeness (QED) is 0.453. The van der Waals surface area contributed by atoms with E-state index in [0.29, 0.717) is 12.0 Å². The van der Waals surface area contributed by atoms with Gasteiger partial charge in [0.2, 0.25) is 0 Å². The predicted octanol–water partition coefficient (Wildman–Crippen LogP) is 1.31. The molecule has 2 N–H and O–H groups in total. The van der Waals surface area contributed by atoms with Crippen LogP contribution in [0.1, 0.15) is 32.1 Å². The molecule has 10 heavy (non-hydrogen) atoms. The van der Waals surface area contributed by atoms with E-state index in [2.05, 4.69) is 4.99 Å². The first-order chi connectivity index (χ1) is 4.86. The first-order valence-electron chi connectivity index (χ1n) is 4.19. The zero-order valence-electron chi connectivity index (χ0n) is 6.21. The van der Waals surface area contributed by atoms with E-state index in [0.717, 1.165) is 5.84 Å². The average molecular weight is 138 g/mol. The van der Waals surface area contributed by atoms with Crippen molar-refractivity contribution in [2.24, 2.45) is 16.6 Å². The lowest BCUT2D eigenvalue weighted by Crippen LogP contribution is -2.29. The molecule has 0 aromatic rings. The van der Waals surface area contributed by atoms with Gasteiger partial charge in [0.25, 0.3) is 0 Å². The minimum Gasteiger partial charge on any atom is -0.387 e. The summed E-state index contributed by atoms with van der Waals surface area (Å²) in [6.45, 7) is 0. The van der Waals surface area contributed by atoms with Crippen molar-refractivity contribution in [1.82, 2.24) is 0 Å². The van der Waals surface area contributed by atoms with Crippen LogP contribution in [0.15, 0.2) is 4.99 Å². The first-order valence-corrected chi connectivity index (χ1v) is 4.19. The molecular weight excluding hydrogens is 124 g/mol. The fourth-order valence-electron chi connectivity index (χ4n) is 1.22. The minimum absolute atomic E-state index is 0.612. The molecule has 0 unspecified atom stereocenters. The van der Waals surface area contributed by atoms with Crippen LogP contribution in [0.2, 0.25) is 0 Å². The van der Waals surface area contributed by atoms with Gasteiger partial charge in [0.1, 0.15) is 0 Å². The Hall–Kier alpha value is -0.530. The summed E-state index contributed by atoms with van der Waals surface area (Å²) in [5.74, 6) is 1.59. The van der Waals surface area contributed by atoms with Crippen LogP contribution in [-0.2, 0) is 0 Å². The van der Waals surface area contributed by atoms with Crippen molar-refractivity contribution >= 4 is 5.84 Å². The number of aliphatic imine (C=N–C) groups is 1. The Morgan fingerprint density at radius 1 is 1.20 bits per heavy atom. The highest BCUT2D eigenvalue weighted by atomic mass is 14.9. The van der Waals surface area contributed by atoms with Crippen molar-refractivity contribution in [2.45, 2.75) is 38.1 Å². The second-order valence-electron chi connectivity index (χ2n) is 3.41. The van der Waals surface area contributed by atoms with Crippen molar-refractivity contribution < 1.29 is 0 Å². The lowest BCUT2D eigenvalue weighted by molar-refractivity contribution is 0.410. The Kier molecular flexibility index (Phi) is 1.40. The van der Waals surface area contributed by atoms with Gasteiger partial charge in [-0.25, -0.2) is 0 Å². The summed E-state index contributed by atoms with van der Waals surface area (Å²) in [5.41, 5.74) is 5.77. The van der Waals surface area contributed by atoms with Gasteiger partial charge in [-0.3, -0.25) is 4.99 Å². The summed E-state index contributed by atoms with van der Waals surface area (Å²) in [5, 5.41) is 0. The van der Waals surface area contributed by atoms with Crippen LogP contribution in [0.5, 0.6) is 0 Å². The monoisotopic (exact) mass is 138 g/mol. The number of hydrogen-bond donors (Lipinski definition) is 1. The molecular formula is C8H14N2. The predicted molar refractivity (Wildman–Crippen MR) is 42.0 cm³/mol. The summed E-state index contributed by atoms with van der Waals surface area (Å²) in [7, 11) is 0. The van der Waals surface area contributed by atoms with Crippen molar-refractivity contribution in [3.63, 3.8) is 0 Å². The largest absolute Gasteiger partial charge is 0.387 e. The molecule has 0 aromatic carbocycles. The molecule has 56 valence electrons. The highest BCUT2D eigenvalue weighted by molar-refractivity contribution is 5.83. The van der Waals surface area contributed by atoms with Gasteiger partial charge in [-0.2, -0.15) is 0 Å². The van der Waals surface area contributed by atoms with E-state index >= 15 is 0 Å². The molecule has 0 aromatic heterocycles.